The lowest BCUT2D eigenvalue weighted by atomic mass is 10.1. The third kappa shape index (κ3) is 4.41. The Bertz CT molecular complexity index is 305. The Morgan fingerprint density at radius 3 is 1.33 bits per heavy atom. The highest BCUT2D eigenvalue weighted by atomic mass is 35.5. The van der Waals surface area contributed by atoms with Gasteiger partial charge in [0.05, 0.1) is 11.1 Å². The van der Waals surface area contributed by atoms with Gasteiger partial charge in [-0.25, -0.2) is 9.59 Å². The summed E-state index contributed by atoms with van der Waals surface area (Å²) >= 11 is 0. The standard InChI is InChI=1S/C8H6O4.ClH.2H2O/c9-7(10)5-3-1-2-4-6(5)8(11)12;;;/h1-4H,(H,9,10)(H,11,12);1H;2*1H2. The topological polar surface area (TPSA) is 138 Å². The molecule has 0 saturated heterocycles. The molecule has 0 aromatic heterocycles. The predicted octanol–water partition coefficient (Wildman–Crippen LogP) is -0.145. The molecule has 0 radical (unpaired) electrons. The number of carbonyl (C=O) groups is 2. The molecule has 0 aliphatic carbocycles. The number of aromatic carboxylic acids is 2. The first-order valence-electron chi connectivity index (χ1n) is 3.18. The molecule has 1 rings (SSSR count). The highest BCUT2D eigenvalue weighted by molar-refractivity contribution is 6.01. The average Bonchev–Trinajstić information content (AvgIpc) is 2.04. The van der Waals surface area contributed by atoms with Crippen molar-refractivity contribution in [2.45, 2.75) is 0 Å². The quantitative estimate of drug-likeness (QED) is 0.740. The van der Waals surface area contributed by atoms with Gasteiger partial charge in [-0.15, -0.1) is 12.4 Å². The molecule has 0 aliphatic heterocycles. The van der Waals surface area contributed by atoms with E-state index in [2.05, 4.69) is 0 Å². The molecule has 6 nitrogen and oxygen atoms in total. The van der Waals surface area contributed by atoms with Crippen molar-refractivity contribution >= 4 is 24.3 Å². The van der Waals surface area contributed by atoms with Gasteiger partial charge in [0.1, 0.15) is 0 Å². The highest BCUT2D eigenvalue weighted by Crippen LogP contribution is 2.07. The van der Waals surface area contributed by atoms with E-state index in [0.29, 0.717) is 0 Å². The summed E-state index contributed by atoms with van der Waals surface area (Å²) in [5.74, 6) is -2.46. The lowest BCUT2D eigenvalue weighted by Gasteiger charge is -1.98. The maximum absolute atomic E-state index is 10.5. The molecule has 0 heterocycles. The van der Waals surface area contributed by atoms with Gasteiger partial charge < -0.3 is 21.2 Å². The minimum Gasteiger partial charge on any atom is -0.478 e. The van der Waals surface area contributed by atoms with E-state index in [9.17, 15) is 9.59 Å². The lowest BCUT2D eigenvalue weighted by Crippen LogP contribution is -2.06. The maximum atomic E-state index is 10.5. The molecule has 0 bridgehead atoms. The van der Waals surface area contributed by atoms with Crippen molar-refractivity contribution in [1.82, 2.24) is 0 Å². The van der Waals surface area contributed by atoms with E-state index < -0.39 is 11.9 Å². The fraction of sp³-hybridized carbons (Fsp3) is 0. The molecule has 15 heavy (non-hydrogen) atoms. The SMILES string of the molecule is Cl.O.O.O=C(O)c1ccccc1C(=O)O. The molecule has 0 unspecified atom stereocenters. The normalized spacial score (nSPS) is 7.47. The summed E-state index contributed by atoms with van der Waals surface area (Å²) in [7, 11) is 0. The van der Waals surface area contributed by atoms with Crippen LogP contribution >= 0.6 is 12.4 Å². The first kappa shape index (κ1) is 19.0. The molecule has 0 atom stereocenters. The summed E-state index contributed by atoms with van der Waals surface area (Å²) in [6.45, 7) is 0. The zero-order valence-corrected chi connectivity index (χ0v) is 8.25. The van der Waals surface area contributed by atoms with Crippen LogP contribution in [0.5, 0.6) is 0 Å². The second-order valence-corrected chi connectivity index (χ2v) is 2.16. The summed E-state index contributed by atoms with van der Waals surface area (Å²) in [5.41, 5.74) is -0.380. The Balaban J connectivity index is -0.000000480. The number of rotatable bonds is 2. The van der Waals surface area contributed by atoms with Gasteiger partial charge in [0, 0.05) is 0 Å². The van der Waals surface area contributed by atoms with Gasteiger partial charge in [0.25, 0.3) is 0 Å². The first-order valence-corrected chi connectivity index (χ1v) is 3.18. The van der Waals surface area contributed by atoms with Gasteiger partial charge in [-0.3, -0.25) is 0 Å². The Labute approximate surface area is 91.2 Å². The van der Waals surface area contributed by atoms with Crippen LogP contribution in [0.3, 0.4) is 0 Å². The Hall–Kier alpha value is -1.63. The second kappa shape index (κ2) is 7.74. The van der Waals surface area contributed by atoms with Crippen LogP contribution in [-0.4, -0.2) is 33.1 Å². The van der Waals surface area contributed by atoms with E-state index in [4.69, 9.17) is 10.2 Å². The summed E-state index contributed by atoms with van der Waals surface area (Å²) in [6.07, 6.45) is 0. The smallest absolute Gasteiger partial charge is 0.336 e. The van der Waals surface area contributed by atoms with E-state index >= 15 is 0 Å². The van der Waals surface area contributed by atoms with Crippen molar-refractivity contribution in [3.8, 4) is 0 Å². The zero-order chi connectivity index (χ0) is 9.14. The molecular formula is C8H11ClO6. The lowest BCUT2D eigenvalue weighted by molar-refractivity contribution is 0.0651. The van der Waals surface area contributed by atoms with Crippen molar-refractivity contribution in [1.29, 1.82) is 0 Å². The Morgan fingerprint density at radius 2 is 1.13 bits per heavy atom. The molecule has 7 heteroatoms. The number of benzene rings is 1. The monoisotopic (exact) mass is 238 g/mol. The largest absolute Gasteiger partial charge is 0.478 e. The van der Waals surface area contributed by atoms with E-state index in [1.165, 1.54) is 24.3 Å². The van der Waals surface area contributed by atoms with Crippen LogP contribution in [0, 0.1) is 0 Å². The van der Waals surface area contributed by atoms with Crippen LogP contribution in [0.25, 0.3) is 0 Å². The van der Waals surface area contributed by atoms with E-state index in [1.54, 1.807) is 0 Å². The fourth-order valence-electron chi connectivity index (χ4n) is 0.856. The van der Waals surface area contributed by atoms with Crippen molar-refractivity contribution in [2.75, 3.05) is 0 Å². The van der Waals surface area contributed by atoms with Crippen LogP contribution in [-0.2, 0) is 0 Å². The minimum absolute atomic E-state index is 0. The van der Waals surface area contributed by atoms with Gasteiger partial charge >= 0.3 is 11.9 Å². The van der Waals surface area contributed by atoms with Crippen molar-refractivity contribution in [3.63, 3.8) is 0 Å². The number of hydrogen-bond donors (Lipinski definition) is 2. The van der Waals surface area contributed by atoms with Crippen molar-refractivity contribution < 1.29 is 30.8 Å². The van der Waals surface area contributed by atoms with Crippen LogP contribution in [0.1, 0.15) is 20.7 Å². The molecular weight excluding hydrogens is 228 g/mol. The Kier molecular flexibility index (Phi) is 9.82. The fourth-order valence-corrected chi connectivity index (χ4v) is 0.856. The number of carboxylic acids is 2. The third-order valence-corrected chi connectivity index (χ3v) is 1.39. The molecule has 86 valence electrons. The first-order chi connectivity index (χ1) is 5.63. The number of hydrogen-bond acceptors (Lipinski definition) is 2. The summed E-state index contributed by atoms with van der Waals surface area (Å²) < 4.78 is 0. The van der Waals surface area contributed by atoms with E-state index in [1.807, 2.05) is 0 Å². The van der Waals surface area contributed by atoms with Gasteiger partial charge in [0.15, 0.2) is 0 Å². The molecule has 0 spiro atoms. The van der Waals surface area contributed by atoms with Crippen molar-refractivity contribution in [3.05, 3.63) is 35.4 Å². The molecule has 0 aliphatic rings. The molecule has 0 fully saturated rings. The van der Waals surface area contributed by atoms with Crippen molar-refractivity contribution in [2.24, 2.45) is 0 Å². The molecule has 6 N–H and O–H groups in total. The summed E-state index contributed by atoms with van der Waals surface area (Å²) in [6, 6.07) is 5.48. The molecule has 1 aromatic rings. The minimum atomic E-state index is -1.23. The van der Waals surface area contributed by atoms with Crippen LogP contribution < -0.4 is 0 Å². The average molecular weight is 239 g/mol. The number of carboxylic acid groups (broad SMARTS) is 2. The molecule has 0 saturated carbocycles. The highest BCUT2D eigenvalue weighted by Gasteiger charge is 2.13. The molecule has 1 aromatic carbocycles. The van der Waals surface area contributed by atoms with E-state index in [0.717, 1.165) is 0 Å². The van der Waals surface area contributed by atoms with Crippen LogP contribution in [0.4, 0.5) is 0 Å². The van der Waals surface area contributed by atoms with Crippen LogP contribution in [0.2, 0.25) is 0 Å². The zero-order valence-electron chi connectivity index (χ0n) is 7.43. The van der Waals surface area contributed by atoms with Gasteiger partial charge in [-0.05, 0) is 12.1 Å². The maximum Gasteiger partial charge on any atom is 0.336 e. The van der Waals surface area contributed by atoms with Gasteiger partial charge in [-0.2, -0.15) is 0 Å². The van der Waals surface area contributed by atoms with Crippen LogP contribution in [0.15, 0.2) is 24.3 Å². The van der Waals surface area contributed by atoms with Gasteiger partial charge in [0.2, 0.25) is 0 Å². The van der Waals surface area contributed by atoms with Gasteiger partial charge in [-0.1, -0.05) is 12.1 Å². The summed E-state index contributed by atoms with van der Waals surface area (Å²) in [4.78, 5) is 20.9. The number of halogens is 1. The Morgan fingerprint density at radius 1 is 0.867 bits per heavy atom. The molecule has 0 amide bonds. The third-order valence-electron chi connectivity index (χ3n) is 1.39. The predicted molar refractivity (Wildman–Crippen MR) is 54.8 cm³/mol. The second-order valence-electron chi connectivity index (χ2n) is 2.16. The van der Waals surface area contributed by atoms with E-state index in [-0.39, 0.29) is 34.5 Å². The summed E-state index contributed by atoms with van der Waals surface area (Å²) in [5, 5.41) is 17.1.